The first-order chi connectivity index (χ1) is 11.5. The van der Waals surface area contributed by atoms with Crippen molar-refractivity contribution in [1.82, 2.24) is 9.88 Å². The number of carbonyl (C=O) groups excluding carboxylic acids is 1. The Hall–Kier alpha value is -1.93. The molecule has 2 heterocycles. The number of hydrogen-bond acceptors (Lipinski definition) is 6. The van der Waals surface area contributed by atoms with Crippen molar-refractivity contribution in [3.05, 3.63) is 41.4 Å². The molecule has 0 atom stereocenters. The number of thiazole rings is 1. The molecule has 3 rings (SSSR count). The van der Waals surface area contributed by atoms with Crippen LogP contribution in [0.25, 0.3) is 0 Å². The molecule has 128 valence electrons. The van der Waals surface area contributed by atoms with Crippen LogP contribution in [0.2, 0.25) is 0 Å². The molecule has 0 radical (unpaired) electrons. The van der Waals surface area contributed by atoms with Gasteiger partial charge in [-0.3, -0.25) is 4.79 Å². The standard InChI is InChI=1S/C16H19N3O3S2/c1-2-24(21,22)14-6-4-3-5-13(14)15(20)18-8-10-19(11-9-18)16-17-7-12-23-16/h3-7,12H,2,8-11H2,1H3. The summed E-state index contributed by atoms with van der Waals surface area (Å²) in [5.74, 6) is -0.240. The maximum atomic E-state index is 12.8. The molecule has 1 aliphatic heterocycles. The monoisotopic (exact) mass is 365 g/mol. The number of sulfone groups is 1. The van der Waals surface area contributed by atoms with Crippen LogP contribution in [0.3, 0.4) is 0 Å². The molecule has 6 nitrogen and oxygen atoms in total. The van der Waals surface area contributed by atoms with Crippen molar-refractivity contribution < 1.29 is 13.2 Å². The summed E-state index contributed by atoms with van der Waals surface area (Å²) in [7, 11) is -3.43. The van der Waals surface area contributed by atoms with E-state index in [0.717, 1.165) is 5.13 Å². The Kier molecular flexibility index (Phi) is 4.86. The summed E-state index contributed by atoms with van der Waals surface area (Å²) in [6.45, 7) is 4.09. The van der Waals surface area contributed by atoms with Crippen LogP contribution >= 0.6 is 11.3 Å². The van der Waals surface area contributed by atoms with E-state index < -0.39 is 9.84 Å². The van der Waals surface area contributed by atoms with Crippen molar-refractivity contribution in [2.75, 3.05) is 36.8 Å². The van der Waals surface area contributed by atoms with Gasteiger partial charge in [0.15, 0.2) is 15.0 Å². The van der Waals surface area contributed by atoms with Gasteiger partial charge in [0.2, 0.25) is 0 Å². The van der Waals surface area contributed by atoms with E-state index in [2.05, 4.69) is 9.88 Å². The second-order valence-corrected chi connectivity index (χ2v) is 8.61. The topological polar surface area (TPSA) is 70.6 Å². The highest BCUT2D eigenvalue weighted by molar-refractivity contribution is 7.91. The number of benzene rings is 1. The first-order valence-corrected chi connectivity index (χ1v) is 10.3. The highest BCUT2D eigenvalue weighted by Crippen LogP contribution is 2.22. The Morgan fingerprint density at radius 1 is 1.21 bits per heavy atom. The molecule has 0 N–H and O–H groups in total. The van der Waals surface area contributed by atoms with Crippen LogP contribution in [-0.4, -0.2) is 56.1 Å². The summed E-state index contributed by atoms with van der Waals surface area (Å²) in [4.78, 5) is 21.1. The number of nitrogens with zero attached hydrogens (tertiary/aromatic N) is 3. The maximum Gasteiger partial charge on any atom is 0.255 e. The van der Waals surface area contributed by atoms with Crippen LogP contribution in [-0.2, 0) is 9.84 Å². The van der Waals surface area contributed by atoms with Gasteiger partial charge >= 0.3 is 0 Å². The van der Waals surface area contributed by atoms with E-state index in [-0.39, 0.29) is 22.1 Å². The zero-order chi connectivity index (χ0) is 17.2. The van der Waals surface area contributed by atoms with Gasteiger partial charge in [-0.2, -0.15) is 0 Å². The van der Waals surface area contributed by atoms with Gasteiger partial charge in [-0.05, 0) is 12.1 Å². The molecule has 24 heavy (non-hydrogen) atoms. The van der Waals surface area contributed by atoms with E-state index in [9.17, 15) is 13.2 Å². The lowest BCUT2D eigenvalue weighted by Gasteiger charge is -2.34. The lowest BCUT2D eigenvalue weighted by molar-refractivity contribution is 0.0743. The zero-order valence-electron chi connectivity index (χ0n) is 13.4. The van der Waals surface area contributed by atoms with Crippen molar-refractivity contribution in [3.63, 3.8) is 0 Å². The van der Waals surface area contributed by atoms with E-state index in [0.29, 0.717) is 26.2 Å². The summed E-state index contributed by atoms with van der Waals surface area (Å²) in [5.41, 5.74) is 0.266. The number of amides is 1. The Labute approximate surface area is 145 Å². The second-order valence-electron chi connectivity index (χ2n) is 5.49. The van der Waals surface area contributed by atoms with Gasteiger partial charge in [-0.15, -0.1) is 11.3 Å². The molecule has 1 saturated heterocycles. The van der Waals surface area contributed by atoms with Crippen molar-refractivity contribution >= 4 is 32.2 Å². The zero-order valence-corrected chi connectivity index (χ0v) is 15.0. The third kappa shape index (κ3) is 3.29. The van der Waals surface area contributed by atoms with Gasteiger partial charge in [-0.1, -0.05) is 19.1 Å². The van der Waals surface area contributed by atoms with Crippen molar-refractivity contribution in [2.45, 2.75) is 11.8 Å². The fraction of sp³-hybridized carbons (Fsp3) is 0.375. The molecule has 0 spiro atoms. The van der Waals surface area contributed by atoms with Crippen LogP contribution in [0.1, 0.15) is 17.3 Å². The third-order valence-corrected chi connectivity index (χ3v) is 6.71. The summed E-state index contributed by atoms with van der Waals surface area (Å²) in [6.07, 6.45) is 1.77. The SMILES string of the molecule is CCS(=O)(=O)c1ccccc1C(=O)N1CCN(c2nccs2)CC1. The Morgan fingerprint density at radius 2 is 1.92 bits per heavy atom. The number of rotatable bonds is 4. The van der Waals surface area contributed by atoms with E-state index in [1.54, 1.807) is 47.6 Å². The first-order valence-electron chi connectivity index (χ1n) is 7.78. The number of piperazine rings is 1. The van der Waals surface area contributed by atoms with Crippen LogP contribution in [0, 0.1) is 0 Å². The molecule has 1 aliphatic rings. The summed E-state index contributed by atoms with van der Waals surface area (Å²) < 4.78 is 24.5. The fourth-order valence-electron chi connectivity index (χ4n) is 2.71. The highest BCUT2D eigenvalue weighted by Gasteiger charge is 2.27. The molecule has 0 bridgehead atoms. The molecule has 1 aromatic carbocycles. The van der Waals surface area contributed by atoms with Crippen LogP contribution in [0.15, 0.2) is 40.7 Å². The van der Waals surface area contributed by atoms with Gasteiger partial charge < -0.3 is 9.80 Å². The third-order valence-electron chi connectivity index (χ3n) is 4.09. The molecule has 1 aromatic heterocycles. The van der Waals surface area contributed by atoms with Gasteiger partial charge in [0.25, 0.3) is 5.91 Å². The molecule has 0 unspecified atom stereocenters. The first kappa shape index (κ1) is 16.9. The average molecular weight is 365 g/mol. The normalized spacial score (nSPS) is 15.5. The molecule has 1 fully saturated rings. The largest absolute Gasteiger partial charge is 0.345 e. The fourth-order valence-corrected chi connectivity index (χ4v) is 4.50. The van der Waals surface area contributed by atoms with Gasteiger partial charge in [0.1, 0.15) is 0 Å². The number of hydrogen-bond donors (Lipinski definition) is 0. The quantitative estimate of drug-likeness (QED) is 0.828. The predicted octanol–water partition coefficient (Wildman–Crippen LogP) is 1.90. The molecule has 0 saturated carbocycles. The van der Waals surface area contributed by atoms with Gasteiger partial charge in [0.05, 0.1) is 16.2 Å². The van der Waals surface area contributed by atoms with Gasteiger partial charge in [0, 0.05) is 37.8 Å². The van der Waals surface area contributed by atoms with E-state index in [4.69, 9.17) is 0 Å². The Morgan fingerprint density at radius 3 is 2.54 bits per heavy atom. The smallest absolute Gasteiger partial charge is 0.255 e. The average Bonchev–Trinajstić information content (AvgIpc) is 3.16. The minimum Gasteiger partial charge on any atom is -0.345 e. The molecular formula is C16H19N3O3S2. The summed E-state index contributed by atoms with van der Waals surface area (Å²) in [5, 5.41) is 2.88. The second kappa shape index (κ2) is 6.90. The van der Waals surface area contributed by atoms with Crippen molar-refractivity contribution in [3.8, 4) is 0 Å². The Bertz CT molecular complexity index is 811. The predicted molar refractivity (Wildman–Crippen MR) is 94.4 cm³/mol. The minimum atomic E-state index is -3.43. The molecule has 2 aromatic rings. The Balaban J connectivity index is 1.77. The lowest BCUT2D eigenvalue weighted by atomic mass is 10.2. The van der Waals surface area contributed by atoms with E-state index in [1.807, 2.05) is 5.38 Å². The summed E-state index contributed by atoms with van der Waals surface area (Å²) in [6, 6.07) is 6.46. The molecule has 8 heteroatoms. The maximum absolute atomic E-state index is 12.8. The number of carbonyl (C=O) groups is 1. The number of aromatic nitrogens is 1. The van der Waals surface area contributed by atoms with E-state index in [1.165, 1.54) is 6.07 Å². The number of anilines is 1. The van der Waals surface area contributed by atoms with E-state index >= 15 is 0 Å². The van der Waals surface area contributed by atoms with Gasteiger partial charge in [-0.25, -0.2) is 13.4 Å². The van der Waals surface area contributed by atoms with Crippen molar-refractivity contribution in [2.24, 2.45) is 0 Å². The van der Waals surface area contributed by atoms with Crippen LogP contribution in [0.4, 0.5) is 5.13 Å². The van der Waals surface area contributed by atoms with Crippen molar-refractivity contribution in [1.29, 1.82) is 0 Å². The lowest BCUT2D eigenvalue weighted by Crippen LogP contribution is -2.49. The van der Waals surface area contributed by atoms with Crippen LogP contribution < -0.4 is 4.90 Å². The highest BCUT2D eigenvalue weighted by atomic mass is 32.2. The summed E-state index contributed by atoms with van der Waals surface area (Å²) >= 11 is 1.58. The molecule has 0 aliphatic carbocycles. The minimum absolute atomic E-state index is 0.0187. The van der Waals surface area contributed by atoms with Crippen LogP contribution in [0.5, 0.6) is 0 Å². The molecule has 1 amide bonds. The molecular weight excluding hydrogens is 346 g/mol.